The van der Waals surface area contributed by atoms with Crippen LogP contribution in [-0.4, -0.2) is 44.6 Å². The molecule has 1 spiro atoms. The number of aromatic nitrogens is 1. The molecule has 2 bridgehead atoms. The second-order valence-corrected chi connectivity index (χ2v) is 11.8. The Morgan fingerprint density at radius 3 is 2.50 bits per heavy atom. The van der Waals surface area contributed by atoms with E-state index in [4.69, 9.17) is 5.11 Å². The highest BCUT2D eigenvalue weighted by atomic mass is 32.2. The van der Waals surface area contributed by atoms with Gasteiger partial charge in [0.25, 0.3) is 0 Å². The van der Waals surface area contributed by atoms with Crippen molar-refractivity contribution in [1.29, 1.82) is 0 Å². The number of thioether (sulfide) groups is 1. The Hall–Kier alpha value is -1.61. The van der Waals surface area contributed by atoms with Gasteiger partial charge >= 0.3 is 10.8 Å². The highest BCUT2D eigenvalue weighted by Gasteiger charge is 2.71. The molecule has 7 nitrogen and oxygen atoms in total. The van der Waals surface area contributed by atoms with Crippen molar-refractivity contribution in [2.24, 2.45) is 29.6 Å². The van der Waals surface area contributed by atoms with Gasteiger partial charge in [-0.25, -0.2) is 0 Å². The van der Waals surface area contributed by atoms with Crippen LogP contribution in [0.3, 0.4) is 0 Å². The zero-order valence-electron chi connectivity index (χ0n) is 16.5. The first-order valence-electron chi connectivity index (χ1n) is 10.9. The molecule has 4 fully saturated rings. The molecule has 0 radical (unpaired) electrons. The molecular weight excluding hydrogens is 424 g/mol. The van der Waals surface area contributed by atoms with E-state index in [0.29, 0.717) is 5.92 Å². The third-order valence-electron chi connectivity index (χ3n) is 8.45. The predicted molar refractivity (Wildman–Crippen MR) is 110 cm³/mol. The van der Waals surface area contributed by atoms with Crippen LogP contribution < -0.4 is 4.87 Å². The van der Waals surface area contributed by atoms with E-state index < -0.39 is 5.97 Å². The number of aliphatic carboxylic acids is 1. The maximum absolute atomic E-state index is 13.2. The van der Waals surface area contributed by atoms with Crippen LogP contribution in [0.4, 0.5) is 0 Å². The van der Waals surface area contributed by atoms with E-state index in [1.54, 1.807) is 11.8 Å². The van der Waals surface area contributed by atoms with Crippen LogP contribution in [0.1, 0.15) is 49.8 Å². The SMILES string of the molecule is O=C(O)CCN1C(=O)[C@@H]2[C@H]3C[C@@H]([C@@H]2C1=O)[C@H]1[C@H]3Sc2[nH]c(=O)sc2C12CCCCC2. The van der Waals surface area contributed by atoms with E-state index in [1.165, 1.54) is 27.5 Å². The number of H-pyrrole nitrogens is 1. The van der Waals surface area contributed by atoms with E-state index in [2.05, 4.69) is 4.98 Å². The van der Waals surface area contributed by atoms with Gasteiger partial charge in [0, 0.05) is 22.1 Å². The fourth-order valence-corrected chi connectivity index (χ4v) is 10.7. The fraction of sp³-hybridized carbons (Fsp3) is 0.714. The quantitative estimate of drug-likeness (QED) is 0.688. The number of carboxylic acid groups (broad SMARTS) is 1. The van der Waals surface area contributed by atoms with Crippen molar-refractivity contribution in [1.82, 2.24) is 9.88 Å². The minimum absolute atomic E-state index is 0.00281. The summed E-state index contributed by atoms with van der Waals surface area (Å²) in [4.78, 5) is 55.1. The summed E-state index contributed by atoms with van der Waals surface area (Å²) in [5, 5.41) is 10.3. The number of hydrogen-bond donors (Lipinski definition) is 2. The molecule has 2 amide bonds. The van der Waals surface area contributed by atoms with E-state index >= 15 is 0 Å². The molecule has 9 heteroatoms. The summed E-state index contributed by atoms with van der Waals surface area (Å²) in [6.07, 6.45) is 6.31. The van der Waals surface area contributed by atoms with Gasteiger partial charge in [-0.05, 0) is 37.0 Å². The minimum Gasteiger partial charge on any atom is -0.481 e. The van der Waals surface area contributed by atoms with Gasteiger partial charge in [0.2, 0.25) is 11.8 Å². The summed E-state index contributed by atoms with van der Waals surface area (Å²) in [5.41, 5.74) is -0.0461. The number of carbonyl (C=O) groups is 3. The van der Waals surface area contributed by atoms with Gasteiger partial charge in [-0.1, -0.05) is 30.6 Å². The van der Waals surface area contributed by atoms with Crippen LogP contribution >= 0.6 is 23.1 Å². The van der Waals surface area contributed by atoms with Crippen LogP contribution in [-0.2, 0) is 19.8 Å². The van der Waals surface area contributed by atoms with Crippen LogP contribution in [0.2, 0.25) is 0 Å². The second-order valence-electron chi connectivity index (χ2n) is 9.58. The molecule has 30 heavy (non-hydrogen) atoms. The van der Waals surface area contributed by atoms with E-state index in [-0.39, 0.29) is 64.0 Å². The topological polar surface area (TPSA) is 108 Å². The van der Waals surface area contributed by atoms with Crippen LogP contribution in [0.25, 0.3) is 0 Å². The van der Waals surface area contributed by atoms with Gasteiger partial charge in [-0.15, -0.1) is 11.8 Å². The average Bonchev–Trinajstić information content (AvgIpc) is 3.43. The van der Waals surface area contributed by atoms with Gasteiger partial charge in [-0.3, -0.25) is 24.1 Å². The molecule has 3 saturated carbocycles. The van der Waals surface area contributed by atoms with Crippen molar-refractivity contribution >= 4 is 40.9 Å². The van der Waals surface area contributed by atoms with Crippen LogP contribution in [0.15, 0.2) is 9.82 Å². The monoisotopic (exact) mass is 448 g/mol. The Morgan fingerprint density at radius 1 is 1.10 bits per heavy atom. The molecule has 2 N–H and O–H groups in total. The third-order valence-corrected chi connectivity index (χ3v) is 11.1. The second kappa shape index (κ2) is 6.45. The summed E-state index contributed by atoms with van der Waals surface area (Å²) in [7, 11) is 0. The lowest BCUT2D eigenvalue weighted by atomic mass is 9.57. The number of fused-ring (bicyclic) bond motifs is 11. The number of rotatable bonds is 3. The largest absolute Gasteiger partial charge is 0.481 e. The number of nitrogens with zero attached hydrogens (tertiary/aromatic N) is 1. The highest BCUT2D eigenvalue weighted by Crippen LogP contribution is 2.71. The molecule has 6 atom stereocenters. The molecule has 160 valence electrons. The van der Waals surface area contributed by atoms with E-state index in [9.17, 15) is 19.2 Å². The van der Waals surface area contributed by atoms with Crippen molar-refractivity contribution in [2.75, 3.05) is 6.54 Å². The first kappa shape index (κ1) is 19.1. The van der Waals surface area contributed by atoms with Gasteiger partial charge < -0.3 is 10.1 Å². The number of carbonyl (C=O) groups excluding carboxylic acids is 2. The first-order chi connectivity index (χ1) is 14.4. The number of nitrogens with one attached hydrogen (secondary N) is 1. The van der Waals surface area contributed by atoms with Gasteiger partial charge in [0.1, 0.15) is 0 Å². The molecule has 2 aliphatic heterocycles. The number of thiazole rings is 1. The smallest absolute Gasteiger partial charge is 0.305 e. The Kier molecular flexibility index (Phi) is 4.11. The van der Waals surface area contributed by atoms with Gasteiger partial charge in [0.15, 0.2) is 0 Å². The number of amides is 2. The third kappa shape index (κ3) is 2.33. The summed E-state index contributed by atoms with van der Waals surface area (Å²) in [5.74, 6) is -1.30. The molecule has 3 heterocycles. The normalized spacial score (nSPS) is 38.1. The molecule has 3 aliphatic carbocycles. The maximum atomic E-state index is 13.2. The summed E-state index contributed by atoms with van der Waals surface area (Å²) in [6, 6.07) is 0. The highest BCUT2D eigenvalue weighted by molar-refractivity contribution is 8.00. The van der Waals surface area contributed by atoms with Gasteiger partial charge in [-0.2, -0.15) is 0 Å². The van der Waals surface area contributed by atoms with Crippen molar-refractivity contribution < 1.29 is 19.5 Å². The lowest BCUT2D eigenvalue weighted by Gasteiger charge is -2.52. The molecule has 1 aromatic heterocycles. The molecule has 0 unspecified atom stereocenters. The Balaban J connectivity index is 1.41. The number of likely N-dealkylation sites (tertiary alicyclic amines) is 1. The number of imide groups is 1. The molecule has 5 aliphatic rings. The average molecular weight is 449 g/mol. The molecule has 1 saturated heterocycles. The number of carboxylic acids is 1. The molecule has 1 aromatic rings. The maximum Gasteiger partial charge on any atom is 0.305 e. The van der Waals surface area contributed by atoms with Crippen molar-refractivity contribution in [2.45, 2.75) is 60.6 Å². The van der Waals surface area contributed by atoms with E-state index in [0.717, 1.165) is 37.1 Å². The molecular formula is C21H24N2O5S2. The Labute approximate surface area is 181 Å². The first-order valence-corrected chi connectivity index (χ1v) is 12.6. The van der Waals surface area contributed by atoms with Crippen molar-refractivity contribution in [3.63, 3.8) is 0 Å². The summed E-state index contributed by atoms with van der Waals surface area (Å²) < 4.78 is 0. The summed E-state index contributed by atoms with van der Waals surface area (Å²) >= 11 is 3.08. The van der Waals surface area contributed by atoms with Crippen molar-refractivity contribution in [3.05, 3.63) is 14.5 Å². The standard InChI is InChI=1S/C21H24N2O5S2/c24-11(25)4-7-23-18(26)12-9-8-10(13(12)19(23)27)15-14(9)21(5-2-1-3-6-21)16-17(29-15)22-20(28)30-16/h9-10,12-15H,1-8H2,(H,22,28)(H,24,25)/t9-,10+,12-,13+,14-,15-/m0/s1. The Morgan fingerprint density at radius 2 is 1.80 bits per heavy atom. The number of hydrogen-bond acceptors (Lipinski definition) is 6. The molecule has 6 rings (SSSR count). The number of aromatic amines is 1. The minimum atomic E-state index is -0.991. The van der Waals surface area contributed by atoms with Gasteiger partial charge in [0.05, 0.1) is 23.3 Å². The molecule has 0 aromatic carbocycles. The predicted octanol–water partition coefficient (Wildman–Crippen LogP) is 2.45. The fourth-order valence-electron chi connectivity index (χ4n) is 7.57. The van der Waals surface area contributed by atoms with Crippen molar-refractivity contribution in [3.8, 4) is 0 Å². The zero-order chi connectivity index (χ0) is 20.8. The van der Waals surface area contributed by atoms with Crippen LogP contribution in [0.5, 0.6) is 0 Å². The van der Waals surface area contributed by atoms with E-state index in [1.807, 2.05) is 0 Å². The summed E-state index contributed by atoms with van der Waals surface area (Å²) in [6.45, 7) is -0.0201. The lowest BCUT2D eigenvalue weighted by molar-refractivity contribution is -0.142. The zero-order valence-corrected chi connectivity index (χ0v) is 18.1. The lowest BCUT2D eigenvalue weighted by Crippen LogP contribution is -2.51. The van der Waals surface area contributed by atoms with Crippen LogP contribution in [0, 0.1) is 29.6 Å². The Bertz CT molecular complexity index is 1010.